The first kappa shape index (κ1) is 16.7. The van der Waals surface area contributed by atoms with Crippen LogP contribution in [0, 0.1) is 0 Å². The Bertz CT molecular complexity index is 367. The molecule has 112 valence electrons. The van der Waals surface area contributed by atoms with Crippen LogP contribution in [0.4, 0.5) is 0 Å². The lowest BCUT2D eigenvalue weighted by Gasteiger charge is -2.21. The Morgan fingerprint density at radius 2 is 1.90 bits per heavy atom. The molecule has 4 nitrogen and oxygen atoms in total. The van der Waals surface area contributed by atoms with Gasteiger partial charge in [0, 0.05) is 26.3 Å². The molecule has 0 saturated carbocycles. The molecule has 20 heavy (non-hydrogen) atoms. The predicted octanol–water partition coefficient (Wildman–Crippen LogP) is 2.48. The van der Waals surface area contributed by atoms with Crippen LogP contribution < -0.4 is 0 Å². The number of carbonyl (C=O) groups excluding carboxylic acids is 1. The molecule has 0 aliphatic carbocycles. The zero-order valence-corrected chi connectivity index (χ0v) is 12.5. The van der Waals surface area contributed by atoms with E-state index in [4.69, 9.17) is 9.47 Å². The molecule has 1 rings (SSSR count). The Balaban J connectivity index is 2.47. The molecule has 1 aromatic rings. The normalized spacial score (nSPS) is 10.8. The Kier molecular flexibility index (Phi) is 8.67. The summed E-state index contributed by atoms with van der Waals surface area (Å²) < 4.78 is 10.4. The van der Waals surface area contributed by atoms with Crippen LogP contribution in [0.2, 0.25) is 0 Å². The van der Waals surface area contributed by atoms with Gasteiger partial charge in [-0.15, -0.1) is 0 Å². The van der Waals surface area contributed by atoms with Gasteiger partial charge in [-0.2, -0.15) is 0 Å². The molecule has 0 aliphatic heterocycles. The van der Waals surface area contributed by atoms with Crippen molar-refractivity contribution >= 4 is 5.97 Å². The molecule has 0 N–H and O–H groups in total. The summed E-state index contributed by atoms with van der Waals surface area (Å²) in [6, 6.07) is 10.2. The summed E-state index contributed by atoms with van der Waals surface area (Å²) in [5, 5.41) is 0. The fraction of sp³-hybridized carbons (Fsp3) is 0.562. The maximum absolute atomic E-state index is 11.6. The highest BCUT2D eigenvalue weighted by Gasteiger charge is 2.11. The summed E-state index contributed by atoms with van der Waals surface area (Å²) in [4.78, 5) is 13.7. The minimum atomic E-state index is -0.167. The average molecular weight is 279 g/mol. The van der Waals surface area contributed by atoms with Crippen molar-refractivity contribution in [3.05, 3.63) is 35.9 Å². The summed E-state index contributed by atoms with van der Waals surface area (Å²) in [6.45, 7) is 7.61. The lowest BCUT2D eigenvalue weighted by molar-refractivity contribution is -0.144. The van der Waals surface area contributed by atoms with Gasteiger partial charge in [-0.3, -0.25) is 9.69 Å². The van der Waals surface area contributed by atoms with Crippen molar-refractivity contribution in [2.45, 2.75) is 26.8 Å². The molecular weight excluding hydrogens is 254 g/mol. The number of rotatable bonds is 10. The Hall–Kier alpha value is -1.39. The summed E-state index contributed by atoms with van der Waals surface area (Å²) in [7, 11) is 0. The first-order valence-electron chi connectivity index (χ1n) is 7.25. The fourth-order valence-electron chi connectivity index (χ4n) is 1.98. The van der Waals surface area contributed by atoms with Crippen LogP contribution in [0.3, 0.4) is 0 Å². The molecule has 0 fully saturated rings. The lowest BCUT2D eigenvalue weighted by atomic mass is 10.2. The topological polar surface area (TPSA) is 38.8 Å². The standard InChI is InChI=1S/C16H25NO3/c1-3-19-12-8-11-17(14-16(18)20-4-2)13-15-9-6-5-7-10-15/h5-7,9-10H,3-4,8,11-14H2,1-2H3. The van der Waals surface area contributed by atoms with Crippen molar-refractivity contribution in [3.8, 4) is 0 Å². The molecule has 0 spiro atoms. The molecule has 4 heteroatoms. The van der Waals surface area contributed by atoms with Crippen molar-refractivity contribution in [2.75, 3.05) is 32.9 Å². The van der Waals surface area contributed by atoms with Crippen molar-refractivity contribution in [1.82, 2.24) is 4.90 Å². The SMILES string of the molecule is CCOCCCN(CC(=O)OCC)Cc1ccccc1. The van der Waals surface area contributed by atoms with Gasteiger partial charge in [0.2, 0.25) is 0 Å². The number of benzene rings is 1. The molecular formula is C16H25NO3. The van der Waals surface area contributed by atoms with Gasteiger partial charge in [-0.1, -0.05) is 30.3 Å². The van der Waals surface area contributed by atoms with E-state index in [1.54, 1.807) is 0 Å². The van der Waals surface area contributed by atoms with Gasteiger partial charge >= 0.3 is 5.97 Å². The molecule has 0 unspecified atom stereocenters. The number of nitrogens with zero attached hydrogens (tertiary/aromatic N) is 1. The van der Waals surface area contributed by atoms with E-state index in [0.717, 1.165) is 32.7 Å². The summed E-state index contributed by atoms with van der Waals surface area (Å²) in [5.74, 6) is -0.167. The maximum Gasteiger partial charge on any atom is 0.320 e. The molecule has 0 saturated heterocycles. The zero-order chi connectivity index (χ0) is 14.6. The highest BCUT2D eigenvalue weighted by molar-refractivity contribution is 5.71. The monoisotopic (exact) mass is 279 g/mol. The van der Waals surface area contributed by atoms with E-state index < -0.39 is 0 Å². The summed E-state index contributed by atoms with van der Waals surface area (Å²) in [6.07, 6.45) is 0.917. The van der Waals surface area contributed by atoms with E-state index >= 15 is 0 Å². The van der Waals surface area contributed by atoms with Gasteiger partial charge in [-0.25, -0.2) is 0 Å². The minimum Gasteiger partial charge on any atom is -0.465 e. The fourth-order valence-corrected chi connectivity index (χ4v) is 1.98. The van der Waals surface area contributed by atoms with Gasteiger partial charge in [0.05, 0.1) is 13.2 Å². The Labute approximate surface area is 121 Å². The number of ether oxygens (including phenoxy) is 2. The second kappa shape index (κ2) is 10.4. The lowest BCUT2D eigenvalue weighted by Crippen LogP contribution is -2.32. The quantitative estimate of drug-likeness (QED) is 0.487. The molecule has 0 aromatic heterocycles. The number of carbonyl (C=O) groups is 1. The zero-order valence-electron chi connectivity index (χ0n) is 12.5. The molecule has 0 aliphatic rings. The maximum atomic E-state index is 11.6. The largest absolute Gasteiger partial charge is 0.465 e. The number of hydrogen-bond acceptors (Lipinski definition) is 4. The molecule has 0 amide bonds. The molecule has 0 radical (unpaired) electrons. The average Bonchev–Trinajstić information content (AvgIpc) is 2.45. The smallest absolute Gasteiger partial charge is 0.320 e. The number of esters is 1. The summed E-state index contributed by atoms with van der Waals surface area (Å²) >= 11 is 0. The van der Waals surface area contributed by atoms with Gasteiger partial charge in [-0.05, 0) is 25.8 Å². The first-order valence-corrected chi connectivity index (χ1v) is 7.25. The van der Waals surface area contributed by atoms with Crippen LogP contribution in [0.15, 0.2) is 30.3 Å². The van der Waals surface area contributed by atoms with Crippen molar-refractivity contribution in [3.63, 3.8) is 0 Å². The molecule has 1 aromatic carbocycles. The van der Waals surface area contributed by atoms with Crippen molar-refractivity contribution in [1.29, 1.82) is 0 Å². The van der Waals surface area contributed by atoms with Crippen LogP contribution >= 0.6 is 0 Å². The van der Waals surface area contributed by atoms with Gasteiger partial charge in [0.25, 0.3) is 0 Å². The third kappa shape index (κ3) is 7.26. The molecule has 0 heterocycles. The minimum absolute atomic E-state index is 0.167. The van der Waals surface area contributed by atoms with E-state index in [-0.39, 0.29) is 5.97 Å². The van der Waals surface area contributed by atoms with Crippen molar-refractivity contribution < 1.29 is 14.3 Å². The molecule has 0 bridgehead atoms. The summed E-state index contributed by atoms with van der Waals surface area (Å²) in [5.41, 5.74) is 1.20. The van der Waals surface area contributed by atoms with E-state index in [2.05, 4.69) is 17.0 Å². The third-order valence-corrected chi connectivity index (χ3v) is 2.87. The van der Waals surface area contributed by atoms with Crippen LogP contribution in [0.25, 0.3) is 0 Å². The van der Waals surface area contributed by atoms with E-state index in [0.29, 0.717) is 13.2 Å². The van der Waals surface area contributed by atoms with Gasteiger partial charge in [0.15, 0.2) is 0 Å². The van der Waals surface area contributed by atoms with Crippen LogP contribution in [0.1, 0.15) is 25.8 Å². The van der Waals surface area contributed by atoms with Gasteiger partial charge < -0.3 is 9.47 Å². The second-order valence-corrected chi connectivity index (χ2v) is 4.55. The van der Waals surface area contributed by atoms with Crippen LogP contribution in [-0.2, 0) is 20.8 Å². The first-order chi connectivity index (χ1) is 9.76. The van der Waals surface area contributed by atoms with E-state index in [1.165, 1.54) is 5.56 Å². The highest BCUT2D eigenvalue weighted by atomic mass is 16.5. The Morgan fingerprint density at radius 1 is 1.15 bits per heavy atom. The third-order valence-electron chi connectivity index (χ3n) is 2.87. The van der Waals surface area contributed by atoms with Crippen molar-refractivity contribution in [2.24, 2.45) is 0 Å². The van der Waals surface area contributed by atoms with Crippen LogP contribution in [-0.4, -0.2) is 43.8 Å². The van der Waals surface area contributed by atoms with Crippen LogP contribution in [0.5, 0.6) is 0 Å². The Morgan fingerprint density at radius 3 is 2.55 bits per heavy atom. The molecule has 0 atom stereocenters. The predicted molar refractivity (Wildman–Crippen MR) is 79.5 cm³/mol. The second-order valence-electron chi connectivity index (χ2n) is 4.55. The van der Waals surface area contributed by atoms with E-state index in [9.17, 15) is 4.79 Å². The van der Waals surface area contributed by atoms with E-state index in [1.807, 2.05) is 32.0 Å². The number of hydrogen-bond donors (Lipinski definition) is 0. The highest BCUT2D eigenvalue weighted by Crippen LogP contribution is 2.05. The van der Waals surface area contributed by atoms with Gasteiger partial charge in [0.1, 0.15) is 0 Å².